The molecule has 8 atom stereocenters. The molecule has 4 aliphatic rings. The van der Waals surface area contributed by atoms with Crippen LogP contribution in [0.1, 0.15) is 62.5 Å². The van der Waals surface area contributed by atoms with Gasteiger partial charge in [-0.25, -0.2) is 0 Å². The van der Waals surface area contributed by atoms with Crippen LogP contribution in [0.15, 0.2) is 48.5 Å². The zero-order valence-electron chi connectivity index (χ0n) is 25.8. The molecular weight excluding hydrogens is 508 g/mol. The fourth-order valence-corrected chi connectivity index (χ4v) is 8.89. The Bertz CT molecular complexity index is 1020. The van der Waals surface area contributed by atoms with E-state index in [2.05, 4.69) is 72.4 Å². The summed E-state index contributed by atoms with van der Waals surface area (Å²) >= 11 is 0. The number of benzene rings is 2. The summed E-state index contributed by atoms with van der Waals surface area (Å²) in [6.45, 7) is 2.43. The molecular formula is C36H52N2O3. The van der Waals surface area contributed by atoms with Gasteiger partial charge < -0.3 is 24.0 Å². The molecule has 5 heteroatoms. The molecule has 0 spiro atoms. The van der Waals surface area contributed by atoms with E-state index >= 15 is 0 Å². The number of hydrogen-bond donors (Lipinski definition) is 0. The molecule has 6 rings (SSSR count). The van der Waals surface area contributed by atoms with Crippen LogP contribution in [0.4, 0.5) is 0 Å². The van der Waals surface area contributed by atoms with Crippen LogP contribution in [0.2, 0.25) is 0 Å². The lowest BCUT2D eigenvalue weighted by Crippen LogP contribution is -2.51. The lowest BCUT2D eigenvalue weighted by molar-refractivity contribution is -0.0272. The Hall–Kier alpha value is -1.92. The van der Waals surface area contributed by atoms with Gasteiger partial charge in [0.15, 0.2) is 0 Å². The summed E-state index contributed by atoms with van der Waals surface area (Å²) in [6.07, 6.45) is 13.3. The Balaban J connectivity index is 1.05. The van der Waals surface area contributed by atoms with Crippen molar-refractivity contribution < 1.29 is 14.2 Å². The van der Waals surface area contributed by atoms with Crippen LogP contribution in [-0.4, -0.2) is 75.5 Å². The number of nitrogens with zero attached hydrogens (tertiary/aromatic N) is 2. The molecule has 2 saturated carbocycles. The van der Waals surface area contributed by atoms with E-state index in [1.165, 1.54) is 75.6 Å². The van der Waals surface area contributed by atoms with Gasteiger partial charge in [0, 0.05) is 26.3 Å². The summed E-state index contributed by atoms with van der Waals surface area (Å²) in [7, 11) is 8.40. The minimum atomic E-state index is 0.434. The van der Waals surface area contributed by atoms with Crippen LogP contribution in [-0.2, 0) is 22.3 Å². The highest BCUT2D eigenvalue weighted by Gasteiger charge is 2.41. The summed E-state index contributed by atoms with van der Waals surface area (Å²) in [5.74, 6) is 5.02. The van der Waals surface area contributed by atoms with Crippen molar-refractivity contribution in [2.45, 2.75) is 88.5 Å². The largest absolute Gasteiger partial charge is 0.457 e. The van der Waals surface area contributed by atoms with Gasteiger partial charge in [-0.1, -0.05) is 24.3 Å². The molecule has 0 amide bonds. The highest BCUT2D eigenvalue weighted by atomic mass is 16.5. The molecule has 2 saturated heterocycles. The fraction of sp³-hybridized carbons (Fsp3) is 0.667. The third-order valence-corrected chi connectivity index (χ3v) is 11.5. The SMILES string of the molecule is COC1CCC2CCN(C)C(Cc3ccc(Oc4ccc(CC5C6CC(OC)CCC6CCN5C)cc4)cc3)C2C1. The van der Waals surface area contributed by atoms with Crippen LogP contribution < -0.4 is 4.74 Å². The molecule has 2 aliphatic carbocycles. The highest BCUT2D eigenvalue weighted by molar-refractivity contribution is 5.35. The van der Waals surface area contributed by atoms with E-state index in [0.29, 0.717) is 24.3 Å². The number of methoxy groups -OCH3 is 2. The molecule has 2 aliphatic heterocycles. The third-order valence-electron chi connectivity index (χ3n) is 11.5. The van der Waals surface area contributed by atoms with Crippen LogP contribution in [0, 0.1) is 23.7 Å². The number of fused-ring (bicyclic) bond motifs is 2. The van der Waals surface area contributed by atoms with E-state index in [1.54, 1.807) is 0 Å². The second-order valence-electron chi connectivity index (χ2n) is 13.7. The number of ether oxygens (including phenoxy) is 3. The molecule has 4 fully saturated rings. The van der Waals surface area contributed by atoms with E-state index in [9.17, 15) is 0 Å². The number of rotatable bonds is 8. The summed E-state index contributed by atoms with van der Waals surface area (Å²) in [6, 6.07) is 18.9. The minimum Gasteiger partial charge on any atom is -0.457 e. The van der Waals surface area contributed by atoms with Gasteiger partial charge in [0.1, 0.15) is 11.5 Å². The van der Waals surface area contributed by atoms with Crippen molar-refractivity contribution in [3.05, 3.63) is 59.7 Å². The monoisotopic (exact) mass is 560 g/mol. The molecule has 2 heterocycles. The molecule has 41 heavy (non-hydrogen) atoms. The van der Waals surface area contributed by atoms with Crippen molar-refractivity contribution >= 4 is 0 Å². The summed E-state index contributed by atoms with van der Waals surface area (Å²) < 4.78 is 17.9. The first-order valence-corrected chi connectivity index (χ1v) is 16.3. The molecule has 5 nitrogen and oxygen atoms in total. The lowest BCUT2D eigenvalue weighted by atomic mass is 9.69. The van der Waals surface area contributed by atoms with Crippen molar-refractivity contribution in [3.63, 3.8) is 0 Å². The number of likely N-dealkylation sites (N-methyl/N-ethyl adjacent to an activating group) is 2. The molecule has 0 aromatic heterocycles. The van der Waals surface area contributed by atoms with Gasteiger partial charge in [0.25, 0.3) is 0 Å². The second kappa shape index (κ2) is 13.2. The van der Waals surface area contributed by atoms with Gasteiger partial charge in [-0.2, -0.15) is 0 Å². The van der Waals surface area contributed by atoms with E-state index < -0.39 is 0 Å². The van der Waals surface area contributed by atoms with Crippen molar-refractivity contribution in [2.24, 2.45) is 23.7 Å². The van der Waals surface area contributed by atoms with Gasteiger partial charge >= 0.3 is 0 Å². The third kappa shape index (κ3) is 6.69. The minimum absolute atomic E-state index is 0.434. The summed E-state index contributed by atoms with van der Waals surface area (Å²) in [5, 5.41) is 0. The van der Waals surface area contributed by atoms with Crippen molar-refractivity contribution in [3.8, 4) is 11.5 Å². The molecule has 0 N–H and O–H groups in total. The number of likely N-dealkylation sites (tertiary alicyclic amines) is 2. The molecule has 8 unspecified atom stereocenters. The maximum atomic E-state index is 6.29. The van der Waals surface area contributed by atoms with Gasteiger partial charge in [0.2, 0.25) is 0 Å². The first-order chi connectivity index (χ1) is 20.0. The van der Waals surface area contributed by atoms with Gasteiger partial charge in [-0.15, -0.1) is 0 Å². The summed E-state index contributed by atoms with van der Waals surface area (Å²) in [5.41, 5.74) is 2.80. The number of hydrogen-bond acceptors (Lipinski definition) is 5. The topological polar surface area (TPSA) is 34.2 Å². The van der Waals surface area contributed by atoms with E-state index in [-0.39, 0.29) is 0 Å². The lowest BCUT2D eigenvalue weighted by Gasteiger charge is -2.48. The van der Waals surface area contributed by atoms with Crippen molar-refractivity contribution in [1.82, 2.24) is 9.80 Å². The van der Waals surface area contributed by atoms with E-state index in [4.69, 9.17) is 14.2 Å². The first-order valence-electron chi connectivity index (χ1n) is 16.3. The van der Waals surface area contributed by atoms with Gasteiger partial charge in [-0.3, -0.25) is 0 Å². The van der Waals surface area contributed by atoms with Crippen LogP contribution in [0.25, 0.3) is 0 Å². The standard InChI is InChI=1S/C36H52N2O3/c1-37-19-17-27-9-15-31(39-3)23-33(27)35(37)21-25-5-11-29(12-6-25)41-30-13-7-26(8-14-30)22-36-34-24-32(40-4)16-10-28(34)18-20-38(36)2/h5-8,11-14,27-28,31-36H,9-10,15-24H2,1-4H3. The van der Waals surface area contributed by atoms with E-state index in [0.717, 1.165) is 48.0 Å². The van der Waals surface area contributed by atoms with Crippen molar-refractivity contribution in [1.29, 1.82) is 0 Å². The predicted octanol–water partition coefficient (Wildman–Crippen LogP) is 6.83. The Morgan fingerprint density at radius 1 is 0.585 bits per heavy atom. The van der Waals surface area contributed by atoms with E-state index in [1.807, 2.05) is 14.2 Å². The zero-order valence-corrected chi connectivity index (χ0v) is 25.8. The molecule has 224 valence electrons. The average molecular weight is 561 g/mol. The Labute approximate surface area is 248 Å². The van der Waals surface area contributed by atoms with Gasteiger partial charge in [-0.05, 0) is 150 Å². The van der Waals surface area contributed by atoms with Crippen LogP contribution in [0.5, 0.6) is 11.5 Å². The van der Waals surface area contributed by atoms with Crippen LogP contribution in [0.3, 0.4) is 0 Å². The fourth-order valence-electron chi connectivity index (χ4n) is 8.89. The van der Waals surface area contributed by atoms with Crippen molar-refractivity contribution in [2.75, 3.05) is 41.4 Å². The molecule has 0 radical (unpaired) electrons. The predicted molar refractivity (Wildman–Crippen MR) is 166 cm³/mol. The Morgan fingerprint density at radius 3 is 1.39 bits per heavy atom. The quantitative estimate of drug-likeness (QED) is 0.353. The van der Waals surface area contributed by atoms with Crippen LogP contribution >= 0.6 is 0 Å². The first kappa shape index (κ1) is 29.2. The second-order valence-corrected chi connectivity index (χ2v) is 13.7. The normalized spacial score (nSPS) is 34.5. The Kier molecular flexibility index (Phi) is 9.36. The maximum Gasteiger partial charge on any atom is 0.127 e. The molecule has 0 bridgehead atoms. The average Bonchev–Trinajstić information content (AvgIpc) is 3.01. The zero-order chi connectivity index (χ0) is 28.3. The maximum absolute atomic E-state index is 6.29. The molecule has 2 aromatic rings. The number of piperidine rings is 2. The molecule has 2 aromatic carbocycles. The smallest absolute Gasteiger partial charge is 0.127 e. The van der Waals surface area contributed by atoms with Gasteiger partial charge in [0.05, 0.1) is 12.2 Å². The summed E-state index contributed by atoms with van der Waals surface area (Å²) in [4.78, 5) is 5.20. The Morgan fingerprint density at radius 2 is 1.00 bits per heavy atom. The highest BCUT2D eigenvalue weighted by Crippen LogP contribution is 2.43.